The molecule has 0 aliphatic heterocycles. The summed E-state index contributed by atoms with van der Waals surface area (Å²) in [5.74, 6) is 3.14. The number of nitrogens with zero attached hydrogens (tertiary/aromatic N) is 2. The number of fused-ring (bicyclic) bond motifs is 1. The van der Waals surface area contributed by atoms with Gasteiger partial charge in [-0.2, -0.15) is 4.98 Å². The Kier molecular flexibility index (Phi) is 2.44. The topological polar surface area (TPSA) is 85.2 Å². The quantitative estimate of drug-likeness (QED) is 0.797. The molecule has 3 atom stereocenters. The predicted octanol–water partition coefficient (Wildman–Crippen LogP) is 0.965. The van der Waals surface area contributed by atoms with E-state index in [0.29, 0.717) is 11.7 Å². The molecule has 1 heterocycles. The van der Waals surface area contributed by atoms with Crippen molar-refractivity contribution in [1.82, 2.24) is 10.1 Å². The molecule has 0 amide bonds. The Labute approximate surface area is 94.0 Å². The number of hydrogen-bond donors (Lipinski definition) is 2. The zero-order valence-electron chi connectivity index (χ0n) is 9.17. The lowest BCUT2D eigenvalue weighted by Gasteiger charge is -2.04. The fourth-order valence-corrected chi connectivity index (χ4v) is 2.97. The van der Waals surface area contributed by atoms with Crippen molar-refractivity contribution in [1.29, 1.82) is 0 Å². The third-order valence-electron chi connectivity index (χ3n) is 3.93. The van der Waals surface area contributed by atoms with Crippen LogP contribution in [-0.4, -0.2) is 21.9 Å². The summed E-state index contributed by atoms with van der Waals surface area (Å²) in [6, 6.07) is -0.515. The Bertz CT molecular complexity index is 367. The van der Waals surface area contributed by atoms with Crippen molar-refractivity contribution in [3.8, 4) is 0 Å². The molecule has 0 saturated heterocycles. The normalized spacial score (nSPS) is 34.5. The van der Waals surface area contributed by atoms with Gasteiger partial charge < -0.3 is 15.4 Å². The molecule has 5 heteroatoms. The molecule has 2 saturated carbocycles. The molecule has 0 spiro atoms. The van der Waals surface area contributed by atoms with Crippen molar-refractivity contribution in [3.63, 3.8) is 0 Å². The first-order valence-electron chi connectivity index (χ1n) is 6.01. The maximum absolute atomic E-state index is 8.91. The number of rotatable bonds is 3. The lowest BCUT2D eigenvalue weighted by atomic mass is 10.0. The molecule has 3 unspecified atom stereocenters. The van der Waals surface area contributed by atoms with Crippen LogP contribution in [0, 0.1) is 11.8 Å². The van der Waals surface area contributed by atoms with Crippen LogP contribution in [0.25, 0.3) is 0 Å². The number of aliphatic hydroxyl groups excluding tert-OH is 1. The van der Waals surface area contributed by atoms with E-state index in [4.69, 9.17) is 15.4 Å². The van der Waals surface area contributed by atoms with Crippen molar-refractivity contribution in [3.05, 3.63) is 11.7 Å². The van der Waals surface area contributed by atoms with Gasteiger partial charge in [-0.05, 0) is 24.7 Å². The van der Waals surface area contributed by atoms with Gasteiger partial charge in [-0.15, -0.1) is 0 Å². The second-order valence-corrected chi connectivity index (χ2v) is 4.92. The molecule has 16 heavy (non-hydrogen) atoms. The second kappa shape index (κ2) is 3.82. The molecule has 2 aliphatic carbocycles. The van der Waals surface area contributed by atoms with Gasteiger partial charge in [0.2, 0.25) is 5.89 Å². The average molecular weight is 223 g/mol. The summed E-state index contributed by atoms with van der Waals surface area (Å²) in [6.45, 7) is -0.142. The van der Waals surface area contributed by atoms with Gasteiger partial charge in [0, 0.05) is 5.92 Å². The van der Waals surface area contributed by atoms with Gasteiger partial charge in [0.15, 0.2) is 5.82 Å². The molecule has 0 bridgehead atoms. The lowest BCUT2D eigenvalue weighted by Crippen LogP contribution is -2.16. The molecular weight excluding hydrogens is 206 g/mol. The van der Waals surface area contributed by atoms with Gasteiger partial charge in [0.1, 0.15) is 0 Å². The first kappa shape index (κ1) is 10.2. The van der Waals surface area contributed by atoms with Crippen molar-refractivity contribution in [2.75, 3.05) is 6.61 Å². The van der Waals surface area contributed by atoms with Crippen LogP contribution < -0.4 is 5.73 Å². The van der Waals surface area contributed by atoms with Crippen molar-refractivity contribution in [2.24, 2.45) is 17.6 Å². The summed E-state index contributed by atoms with van der Waals surface area (Å²) in [4.78, 5) is 4.30. The molecule has 3 N–H and O–H groups in total. The molecule has 3 rings (SSSR count). The fourth-order valence-electron chi connectivity index (χ4n) is 2.97. The first-order valence-corrected chi connectivity index (χ1v) is 6.01. The summed E-state index contributed by atoms with van der Waals surface area (Å²) in [5, 5.41) is 12.7. The summed E-state index contributed by atoms with van der Waals surface area (Å²) < 4.78 is 5.25. The van der Waals surface area contributed by atoms with E-state index in [1.807, 2.05) is 0 Å². The van der Waals surface area contributed by atoms with Crippen LogP contribution in [0.5, 0.6) is 0 Å². The average Bonchev–Trinajstić information content (AvgIpc) is 2.86. The van der Waals surface area contributed by atoms with Crippen molar-refractivity contribution >= 4 is 0 Å². The van der Waals surface area contributed by atoms with Gasteiger partial charge in [-0.25, -0.2) is 0 Å². The van der Waals surface area contributed by atoms with E-state index >= 15 is 0 Å². The summed E-state index contributed by atoms with van der Waals surface area (Å²) in [7, 11) is 0. The van der Waals surface area contributed by atoms with Crippen LogP contribution in [-0.2, 0) is 0 Å². The molecule has 2 fully saturated rings. The van der Waals surface area contributed by atoms with E-state index in [9.17, 15) is 0 Å². The molecule has 2 aliphatic rings. The minimum Gasteiger partial charge on any atom is -0.394 e. The minimum absolute atomic E-state index is 0.142. The number of aliphatic hydroxyl groups is 1. The van der Waals surface area contributed by atoms with Crippen LogP contribution in [0.15, 0.2) is 4.52 Å². The second-order valence-electron chi connectivity index (χ2n) is 4.92. The van der Waals surface area contributed by atoms with E-state index in [1.165, 1.54) is 25.7 Å². The SMILES string of the molecule is NC(CO)c1noc(C2C3CCCCC32)n1. The number of nitrogens with two attached hydrogens (primary N) is 1. The monoisotopic (exact) mass is 223 g/mol. The third kappa shape index (κ3) is 1.55. The first-order chi connectivity index (χ1) is 7.81. The number of hydrogen-bond acceptors (Lipinski definition) is 5. The highest BCUT2D eigenvalue weighted by molar-refractivity contribution is 5.15. The minimum atomic E-state index is -0.515. The summed E-state index contributed by atoms with van der Waals surface area (Å²) in [6.07, 6.45) is 5.24. The van der Waals surface area contributed by atoms with Gasteiger partial charge in [0.05, 0.1) is 12.6 Å². The largest absolute Gasteiger partial charge is 0.394 e. The Morgan fingerprint density at radius 2 is 2.06 bits per heavy atom. The molecule has 88 valence electrons. The Hall–Kier alpha value is -0.940. The lowest BCUT2D eigenvalue weighted by molar-refractivity contribution is 0.259. The summed E-state index contributed by atoms with van der Waals surface area (Å²) >= 11 is 0. The van der Waals surface area contributed by atoms with E-state index in [1.54, 1.807) is 0 Å². The molecular formula is C11H17N3O2. The van der Waals surface area contributed by atoms with Crippen LogP contribution in [0.3, 0.4) is 0 Å². The zero-order chi connectivity index (χ0) is 11.1. The van der Waals surface area contributed by atoms with E-state index < -0.39 is 6.04 Å². The van der Waals surface area contributed by atoms with Gasteiger partial charge >= 0.3 is 0 Å². The zero-order valence-corrected chi connectivity index (χ0v) is 9.17. The van der Waals surface area contributed by atoms with Crippen molar-refractivity contribution < 1.29 is 9.63 Å². The molecule has 0 radical (unpaired) electrons. The predicted molar refractivity (Wildman–Crippen MR) is 56.5 cm³/mol. The highest BCUT2D eigenvalue weighted by Gasteiger charge is 2.54. The number of aromatic nitrogens is 2. The Morgan fingerprint density at radius 3 is 2.69 bits per heavy atom. The van der Waals surface area contributed by atoms with Crippen LogP contribution in [0.4, 0.5) is 0 Å². The van der Waals surface area contributed by atoms with Crippen LogP contribution >= 0.6 is 0 Å². The third-order valence-corrected chi connectivity index (χ3v) is 3.93. The van der Waals surface area contributed by atoms with Gasteiger partial charge in [0.25, 0.3) is 0 Å². The van der Waals surface area contributed by atoms with Crippen LogP contribution in [0.1, 0.15) is 49.4 Å². The standard InChI is InChI=1S/C11H17N3O2/c12-8(5-15)10-13-11(16-14-10)9-6-3-1-2-4-7(6)9/h6-9,15H,1-5,12H2. The molecule has 0 aromatic carbocycles. The molecule has 5 nitrogen and oxygen atoms in total. The van der Waals surface area contributed by atoms with Gasteiger partial charge in [-0.3, -0.25) is 0 Å². The highest BCUT2D eigenvalue weighted by atomic mass is 16.5. The fraction of sp³-hybridized carbons (Fsp3) is 0.818. The highest BCUT2D eigenvalue weighted by Crippen LogP contribution is 2.60. The molecule has 1 aromatic heterocycles. The Morgan fingerprint density at radius 1 is 1.38 bits per heavy atom. The van der Waals surface area contributed by atoms with Gasteiger partial charge in [-0.1, -0.05) is 18.0 Å². The smallest absolute Gasteiger partial charge is 0.230 e. The van der Waals surface area contributed by atoms with E-state index in [0.717, 1.165) is 17.7 Å². The molecule has 1 aromatic rings. The summed E-state index contributed by atoms with van der Waals surface area (Å²) in [5.41, 5.74) is 5.64. The van der Waals surface area contributed by atoms with E-state index in [-0.39, 0.29) is 6.61 Å². The Balaban J connectivity index is 1.74. The van der Waals surface area contributed by atoms with E-state index in [2.05, 4.69) is 10.1 Å². The van der Waals surface area contributed by atoms with Crippen LogP contribution in [0.2, 0.25) is 0 Å². The van der Waals surface area contributed by atoms with Crippen molar-refractivity contribution in [2.45, 2.75) is 37.6 Å². The maximum Gasteiger partial charge on any atom is 0.230 e. The maximum atomic E-state index is 8.91.